The van der Waals surface area contributed by atoms with Crippen molar-refractivity contribution in [2.24, 2.45) is 46.2 Å². The largest absolute Gasteiger partial charge is 0.388 e. The van der Waals surface area contributed by atoms with E-state index < -0.39 is 5.60 Å². The lowest BCUT2D eigenvalue weighted by Gasteiger charge is -2.62. The lowest BCUT2D eigenvalue weighted by atomic mass is 9.43. The fraction of sp³-hybridized carbons (Fsp3) is 0.941. The summed E-state index contributed by atoms with van der Waals surface area (Å²) >= 11 is 0. The number of rotatable bonds is 6. The summed E-state index contributed by atoms with van der Waals surface area (Å²) in [4.78, 5) is 0. The van der Waals surface area contributed by atoms with Crippen LogP contribution in [0.5, 0.6) is 0 Å². The second-order valence-corrected chi connectivity index (χ2v) is 14.0. The molecule has 6 nitrogen and oxygen atoms in total. The highest BCUT2D eigenvalue weighted by Gasteiger charge is 2.61. The minimum Gasteiger partial charge on any atom is -0.388 e. The van der Waals surface area contributed by atoms with E-state index in [9.17, 15) is 5.11 Å². The van der Waals surface area contributed by atoms with Gasteiger partial charge in [-0.05, 0) is 111 Å². The van der Waals surface area contributed by atoms with Gasteiger partial charge >= 0.3 is 0 Å². The first-order valence-corrected chi connectivity index (χ1v) is 16.1. The van der Waals surface area contributed by atoms with E-state index >= 15 is 0 Å². The zero-order valence-corrected chi connectivity index (χ0v) is 28.4. The third-order valence-electron chi connectivity index (χ3n) is 10.3. The Kier molecular flexibility index (Phi) is 18.0. The Morgan fingerprint density at radius 1 is 0.975 bits per heavy atom. The van der Waals surface area contributed by atoms with Gasteiger partial charge in [0.25, 0.3) is 0 Å². The molecule has 0 saturated heterocycles. The lowest BCUT2D eigenvalue weighted by Crippen LogP contribution is -2.56. The molecule has 40 heavy (non-hydrogen) atoms. The lowest BCUT2D eigenvalue weighted by molar-refractivity contribution is -0.161. The number of nitrogens with one attached hydrogen (secondary N) is 1. The van der Waals surface area contributed by atoms with Crippen molar-refractivity contribution in [3.63, 3.8) is 0 Å². The number of ether oxygens (including phenoxy) is 2. The third-order valence-corrected chi connectivity index (χ3v) is 10.3. The average molecular weight is 572 g/mol. The Labute approximate surface area is 251 Å². The molecule has 6 heteroatoms. The molecule has 0 amide bonds. The average Bonchev–Trinajstić information content (AvgIpc) is 3.21. The van der Waals surface area contributed by atoms with Gasteiger partial charge in [0.15, 0.2) is 0 Å². The highest BCUT2D eigenvalue weighted by Crippen LogP contribution is 2.68. The number of likely N-dealkylation sites (N-methyl/N-ethyl adjacent to an activating group) is 1. The fourth-order valence-electron chi connectivity index (χ4n) is 8.80. The number of fused-ring (bicyclic) bond motifs is 5. The van der Waals surface area contributed by atoms with Crippen molar-refractivity contribution in [1.82, 2.24) is 11.5 Å². The van der Waals surface area contributed by atoms with Crippen LogP contribution in [0.4, 0.5) is 0 Å². The minimum atomic E-state index is -0.586. The smallest absolute Gasteiger partial charge is 0.0883 e. The molecule has 0 aromatic rings. The van der Waals surface area contributed by atoms with Crippen LogP contribution in [-0.4, -0.2) is 57.8 Å². The molecule has 0 radical (unpaired) electrons. The van der Waals surface area contributed by atoms with Crippen LogP contribution in [0, 0.1) is 40.4 Å². The zero-order valence-electron chi connectivity index (χ0n) is 28.4. The third kappa shape index (κ3) is 9.77. The van der Waals surface area contributed by atoms with Gasteiger partial charge < -0.3 is 31.8 Å². The van der Waals surface area contributed by atoms with Crippen molar-refractivity contribution in [2.75, 3.05) is 41.0 Å². The Balaban J connectivity index is 0. The zero-order chi connectivity index (χ0) is 29.9. The number of hydrogen-bond donors (Lipinski definition) is 4. The van der Waals surface area contributed by atoms with Crippen molar-refractivity contribution in [3.8, 4) is 0 Å². The van der Waals surface area contributed by atoms with E-state index in [1.54, 1.807) is 21.3 Å². The Hall–Kier alpha value is -0.500. The van der Waals surface area contributed by atoms with Crippen molar-refractivity contribution >= 4 is 0 Å². The molecule has 0 spiro atoms. The summed E-state index contributed by atoms with van der Waals surface area (Å²) in [6, 6.07) is 0.333. The van der Waals surface area contributed by atoms with Gasteiger partial charge in [-0.3, -0.25) is 0 Å². The Morgan fingerprint density at radius 3 is 2.05 bits per heavy atom. The summed E-state index contributed by atoms with van der Waals surface area (Å²) in [5, 5.41) is 14.6. The number of nitrogens with two attached hydrogens (primary N) is 1. The molecule has 7 N–H and O–H groups in total. The van der Waals surface area contributed by atoms with E-state index in [1.807, 2.05) is 13.8 Å². The van der Waals surface area contributed by atoms with Crippen LogP contribution in [0.15, 0.2) is 12.2 Å². The predicted octanol–water partition coefficient (Wildman–Crippen LogP) is 7.63. The monoisotopic (exact) mass is 572 g/mol. The maximum absolute atomic E-state index is 11.0. The fourth-order valence-corrected chi connectivity index (χ4v) is 8.80. The van der Waals surface area contributed by atoms with Crippen molar-refractivity contribution in [1.29, 1.82) is 0 Å². The first kappa shape index (κ1) is 39.5. The quantitative estimate of drug-likeness (QED) is 0.244. The summed E-state index contributed by atoms with van der Waals surface area (Å²) in [7, 11) is 4.98. The van der Waals surface area contributed by atoms with Gasteiger partial charge in [-0.25, -0.2) is 0 Å². The molecule has 0 unspecified atom stereocenters. The summed E-state index contributed by atoms with van der Waals surface area (Å²) in [5.74, 6) is 3.99. The molecular formula is C34H73N3O3. The molecular weight excluding hydrogens is 498 g/mol. The van der Waals surface area contributed by atoms with E-state index in [0.29, 0.717) is 35.3 Å². The van der Waals surface area contributed by atoms with Crippen molar-refractivity contribution < 1.29 is 16.0 Å². The van der Waals surface area contributed by atoms with Crippen LogP contribution in [0.25, 0.3) is 0 Å². The first-order valence-electron chi connectivity index (χ1n) is 16.1. The maximum Gasteiger partial charge on any atom is 0.0883 e. The van der Waals surface area contributed by atoms with Gasteiger partial charge in [-0.2, -0.15) is 0 Å². The Morgan fingerprint density at radius 2 is 1.52 bits per heavy atom. The van der Waals surface area contributed by atoms with E-state index in [2.05, 4.69) is 51.3 Å². The van der Waals surface area contributed by atoms with E-state index in [0.717, 1.165) is 43.7 Å². The standard InChI is InChI=1S/C26H45NO2.C3H9N.C3H8.C2H6O.H3N.H2/c1-6-27-16-18(2)21-9-10-22-20-8-7-19-15-26(28,17-29-5)14-13-24(19,3)23(20)11-12-25(21,22)4;1-3(2)4;2*1-3-2;;/h19-23,27-28H,2,6-17H2,1,3-5H3;3H,4H2,1-2H3;3H2,1-2H3;1-2H3;1H3;1H/t19-,20+,21-,22+,23+,24+,25-,26-;;;;;/m1...../s1. The highest BCUT2D eigenvalue weighted by atomic mass is 16.5. The number of aliphatic hydroxyl groups is 1. The van der Waals surface area contributed by atoms with Gasteiger partial charge in [0.2, 0.25) is 0 Å². The minimum absolute atomic E-state index is 0. The number of methoxy groups -OCH3 is 2. The van der Waals surface area contributed by atoms with Crippen LogP contribution in [0.2, 0.25) is 0 Å². The van der Waals surface area contributed by atoms with E-state index in [-0.39, 0.29) is 7.58 Å². The van der Waals surface area contributed by atoms with Gasteiger partial charge in [0.1, 0.15) is 0 Å². The van der Waals surface area contributed by atoms with Crippen molar-refractivity contribution in [2.45, 2.75) is 124 Å². The van der Waals surface area contributed by atoms with Crippen molar-refractivity contribution in [3.05, 3.63) is 12.2 Å². The first-order chi connectivity index (χ1) is 18.3. The van der Waals surface area contributed by atoms with Gasteiger partial charge in [-0.1, -0.05) is 67.0 Å². The van der Waals surface area contributed by atoms with Crippen LogP contribution in [0.1, 0.15) is 114 Å². The summed E-state index contributed by atoms with van der Waals surface area (Å²) in [6.45, 7) is 22.6. The molecule has 4 rings (SSSR count). The molecule has 0 aromatic carbocycles. The SMILES string of the molecule is C=C(CNCC)[C@H]1CC[C@H]2[C@@H]3CC[C@@H]4C[C@@](O)(COC)CC[C@]4(C)[C@H]3CC[C@]12C.CC(C)N.CCC.COC.N.[HH]. The molecule has 242 valence electrons. The van der Waals surface area contributed by atoms with Crippen LogP contribution in [0.3, 0.4) is 0 Å². The molecule has 0 heterocycles. The van der Waals surface area contributed by atoms with Crippen LogP contribution >= 0.6 is 0 Å². The molecule has 0 bridgehead atoms. The van der Waals surface area contributed by atoms with Crippen LogP contribution in [-0.2, 0) is 9.47 Å². The van der Waals surface area contributed by atoms with Gasteiger partial charge in [0, 0.05) is 29.3 Å². The molecule has 4 aliphatic carbocycles. The molecule has 4 fully saturated rings. The molecule has 0 aromatic heterocycles. The normalized spacial score (nSPS) is 37.5. The summed E-state index contributed by atoms with van der Waals surface area (Å²) < 4.78 is 9.62. The second kappa shape index (κ2) is 18.2. The topological polar surface area (TPSA) is 112 Å². The molecule has 4 aliphatic rings. The van der Waals surface area contributed by atoms with E-state index in [1.165, 1.54) is 56.9 Å². The van der Waals surface area contributed by atoms with Gasteiger partial charge in [-0.15, -0.1) is 0 Å². The maximum atomic E-state index is 11.0. The summed E-state index contributed by atoms with van der Waals surface area (Å²) in [6.07, 6.45) is 12.5. The second-order valence-electron chi connectivity index (χ2n) is 14.0. The van der Waals surface area contributed by atoms with E-state index in [4.69, 9.17) is 10.5 Å². The molecule has 8 atom stereocenters. The number of hydrogen-bond acceptors (Lipinski definition) is 6. The molecule has 0 aliphatic heterocycles. The Bertz CT molecular complexity index is 706. The highest BCUT2D eigenvalue weighted by molar-refractivity contribution is 5.17. The predicted molar refractivity (Wildman–Crippen MR) is 175 cm³/mol. The van der Waals surface area contributed by atoms with Crippen LogP contribution < -0.4 is 17.2 Å². The summed E-state index contributed by atoms with van der Waals surface area (Å²) in [5.41, 5.74) is 6.86. The van der Waals surface area contributed by atoms with Gasteiger partial charge in [0.05, 0.1) is 12.2 Å². The molecule has 4 saturated carbocycles.